The van der Waals surface area contributed by atoms with Crippen LogP contribution in [0.1, 0.15) is 34.7 Å². The Balaban J connectivity index is 1.85. The number of hydrogen-bond donors (Lipinski definition) is 3. The second kappa shape index (κ2) is 7.85. The molecule has 4 rings (SSSR count). The first-order valence-electron chi connectivity index (χ1n) is 9.59. The Morgan fingerprint density at radius 3 is 2.59 bits per heavy atom. The Labute approximate surface area is 175 Å². The lowest BCUT2D eigenvalue weighted by molar-refractivity contribution is 0.223. The minimum Gasteiger partial charge on any atom is -0.506 e. The van der Waals surface area contributed by atoms with Gasteiger partial charge in [-0.3, -0.25) is 4.98 Å². The van der Waals surface area contributed by atoms with Crippen LogP contribution in [0.2, 0.25) is 0 Å². The summed E-state index contributed by atoms with van der Waals surface area (Å²) in [7, 11) is 0. The minimum absolute atomic E-state index is 0.00543. The third-order valence-electron chi connectivity index (χ3n) is 5.45. The molecule has 1 aliphatic heterocycles. The fourth-order valence-electron chi connectivity index (χ4n) is 4.20. The molecule has 0 aliphatic carbocycles. The third-order valence-corrected chi connectivity index (χ3v) is 5.80. The quantitative estimate of drug-likeness (QED) is 0.563. The molecule has 0 unspecified atom stereocenters. The zero-order valence-corrected chi connectivity index (χ0v) is 17.2. The summed E-state index contributed by atoms with van der Waals surface area (Å²) >= 11 is 5.59. The molecule has 1 aliphatic rings. The molecule has 2 aromatic heterocycles. The van der Waals surface area contributed by atoms with E-state index < -0.39 is 0 Å². The maximum atomic E-state index is 10.4. The van der Waals surface area contributed by atoms with Gasteiger partial charge in [-0.25, -0.2) is 0 Å². The molecule has 1 saturated heterocycles. The van der Waals surface area contributed by atoms with Crippen LogP contribution in [0.15, 0.2) is 54.7 Å². The van der Waals surface area contributed by atoms with Crippen molar-refractivity contribution < 1.29 is 10.2 Å². The summed E-state index contributed by atoms with van der Waals surface area (Å²) in [6.07, 6.45) is 1.77. The molecule has 1 fully saturated rings. The standard InChI is InChI=1S/C22H24N4O2S/c1-14-13-16(15(2)26(14)18-8-3-4-9-19(18)28)21-20(17-7-5-6-10-23-17)24-22(29)25(21)11-12-27/h3-10,13,20-21,27-28H,11-12H2,1-2H3,(H,24,29)/t20-,21-/m0/s1. The van der Waals surface area contributed by atoms with E-state index in [1.54, 1.807) is 12.3 Å². The van der Waals surface area contributed by atoms with Gasteiger partial charge in [0.05, 0.1) is 30.1 Å². The number of aliphatic hydroxyl groups is 1. The molecule has 3 N–H and O–H groups in total. The predicted molar refractivity (Wildman–Crippen MR) is 116 cm³/mol. The lowest BCUT2D eigenvalue weighted by Gasteiger charge is -2.27. The van der Waals surface area contributed by atoms with Gasteiger partial charge in [0.15, 0.2) is 5.11 Å². The molecule has 0 bridgehead atoms. The normalized spacial score (nSPS) is 18.9. The van der Waals surface area contributed by atoms with Crippen molar-refractivity contribution >= 4 is 17.3 Å². The van der Waals surface area contributed by atoms with E-state index >= 15 is 0 Å². The van der Waals surface area contributed by atoms with Crippen molar-refractivity contribution in [1.82, 2.24) is 19.8 Å². The van der Waals surface area contributed by atoms with E-state index in [2.05, 4.69) is 20.9 Å². The van der Waals surface area contributed by atoms with Crippen LogP contribution >= 0.6 is 12.2 Å². The average Bonchev–Trinajstić information content (AvgIpc) is 3.19. The summed E-state index contributed by atoms with van der Waals surface area (Å²) < 4.78 is 2.05. The molecular formula is C22H24N4O2S. The molecule has 3 heterocycles. The van der Waals surface area contributed by atoms with Crippen molar-refractivity contribution in [2.45, 2.75) is 25.9 Å². The second-order valence-corrected chi connectivity index (χ2v) is 7.58. The number of phenols is 1. The van der Waals surface area contributed by atoms with Crippen LogP contribution < -0.4 is 5.32 Å². The number of thiocarbonyl (C=S) groups is 1. The first-order valence-corrected chi connectivity index (χ1v) is 10.00. The van der Waals surface area contributed by atoms with Gasteiger partial charge in [0.2, 0.25) is 0 Å². The molecule has 150 valence electrons. The Kier molecular flexibility index (Phi) is 5.25. The van der Waals surface area contributed by atoms with Gasteiger partial charge in [-0.2, -0.15) is 0 Å². The maximum absolute atomic E-state index is 10.4. The number of phenolic OH excluding ortho intramolecular Hbond substituents is 1. The lowest BCUT2D eigenvalue weighted by Crippen LogP contribution is -2.32. The topological polar surface area (TPSA) is 73.5 Å². The van der Waals surface area contributed by atoms with Gasteiger partial charge in [0.25, 0.3) is 0 Å². The highest BCUT2D eigenvalue weighted by Gasteiger charge is 2.41. The van der Waals surface area contributed by atoms with Gasteiger partial charge < -0.3 is 25.0 Å². The smallest absolute Gasteiger partial charge is 0.170 e. The fraction of sp³-hybridized carbons (Fsp3) is 0.273. The molecule has 0 saturated carbocycles. The highest BCUT2D eigenvalue weighted by Crippen LogP contribution is 2.41. The van der Waals surface area contributed by atoms with Crippen LogP contribution in [0.3, 0.4) is 0 Å². The molecule has 7 heteroatoms. The number of aryl methyl sites for hydroxylation is 1. The Bertz CT molecular complexity index is 1030. The van der Waals surface area contributed by atoms with Crippen molar-refractivity contribution in [2.75, 3.05) is 13.2 Å². The highest BCUT2D eigenvalue weighted by atomic mass is 32.1. The van der Waals surface area contributed by atoms with Gasteiger partial charge in [0.1, 0.15) is 5.75 Å². The fourth-order valence-corrected chi connectivity index (χ4v) is 4.54. The number of aliphatic hydroxyl groups excluding tert-OH is 1. The van der Waals surface area contributed by atoms with Gasteiger partial charge in [0, 0.05) is 24.1 Å². The summed E-state index contributed by atoms with van der Waals surface area (Å²) in [4.78, 5) is 6.56. The number of nitrogens with zero attached hydrogens (tertiary/aromatic N) is 3. The third kappa shape index (κ3) is 3.36. The largest absolute Gasteiger partial charge is 0.506 e. The summed E-state index contributed by atoms with van der Waals surface area (Å²) in [6.45, 7) is 4.50. The number of hydrogen-bond acceptors (Lipinski definition) is 4. The first-order chi connectivity index (χ1) is 14.0. The molecule has 3 aromatic rings. The Morgan fingerprint density at radius 2 is 1.90 bits per heavy atom. The monoisotopic (exact) mass is 408 g/mol. The molecule has 1 aromatic carbocycles. The molecule has 29 heavy (non-hydrogen) atoms. The Morgan fingerprint density at radius 1 is 1.14 bits per heavy atom. The van der Waals surface area contributed by atoms with Gasteiger partial charge >= 0.3 is 0 Å². The van der Waals surface area contributed by atoms with Crippen molar-refractivity contribution in [1.29, 1.82) is 0 Å². The van der Waals surface area contributed by atoms with Crippen molar-refractivity contribution in [3.8, 4) is 11.4 Å². The maximum Gasteiger partial charge on any atom is 0.170 e. The molecule has 0 spiro atoms. The van der Waals surface area contributed by atoms with Gasteiger partial charge in [-0.1, -0.05) is 18.2 Å². The average molecular weight is 409 g/mol. The summed E-state index contributed by atoms with van der Waals surface area (Å²) in [5.41, 5.74) is 4.75. The van der Waals surface area contributed by atoms with Crippen LogP contribution in [0.5, 0.6) is 5.75 Å². The SMILES string of the molecule is Cc1cc([C@H]2[C@H](c3ccccn3)NC(=S)N2CCO)c(C)n1-c1ccccc1O. The zero-order valence-electron chi connectivity index (χ0n) is 16.4. The molecule has 6 nitrogen and oxygen atoms in total. The van der Waals surface area contributed by atoms with Gasteiger partial charge in [-0.05, 0) is 62.0 Å². The number of pyridine rings is 1. The van der Waals surface area contributed by atoms with E-state index in [0.717, 1.165) is 28.3 Å². The number of para-hydroxylation sites is 2. The number of aromatic hydroxyl groups is 1. The van der Waals surface area contributed by atoms with Crippen molar-refractivity contribution in [3.05, 3.63) is 77.4 Å². The molecule has 0 amide bonds. The predicted octanol–water partition coefficient (Wildman–Crippen LogP) is 3.16. The van der Waals surface area contributed by atoms with Crippen LogP contribution in [-0.4, -0.2) is 42.9 Å². The van der Waals surface area contributed by atoms with E-state index in [9.17, 15) is 10.2 Å². The van der Waals surface area contributed by atoms with E-state index in [1.165, 1.54) is 0 Å². The van der Waals surface area contributed by atoms with Crippen LogP contribution in [0.25, 0.3) is 5.69 Å². The number of rotatable bonds is 5. The number of benzene rings is 1. The summed E-state index contributed by atoms with van der Waals surface area (Å²) in [6, 6.07) is 15.0. The van der Waals surface area contributed by atoms with Crippen LogP contribution in [0.4, 0.5) is 0 Å². The van der Waals surface area contributed by atoms with E-state index in [4.69, 9.17) is 12.2 Å². The van der Waals surface area contributed by atoms with Crippen molar-refractivity contribution in [3.63, 3.8) is 0 Å². The summed E-state index contributed by atoms with van der Waals surface area (Å²) in [5.74, 6) is 0.231. The molecule has 0 radical (unpaired) electrons. The lowest BCUT2D eigenvalue weighted by atomic mass is 9.97. The molecular weight excluding hydrogens is 384 g/mol. The van der Waals surface area contributed by atoms with Crippen LogP contribution in [0, 0.1) is 13.8 Å². The van der Waals surface area contributed by atoms with E-state index in [0.29, 0.717) is 11.7 Å². The Hall–Kier alpha value is -2.90. The van der Waals surface area contributed by atoms with E-state index in [1.807, 2.05) is 55.1 Å². The van der Waals surface area contributed by atoms with Gasteiger partial charge in [-0.15, -0.1) is 0 Å². The first kappa shape index (κ1) is 19.4. The number of aromatic nitrogens is 2. The van der Waals surface area contributed by atoms with E-state index in [-0.39, 0.29) is 24.4 Å². The molecule has 2 atom stereocenters. The highest BCUT2D eigenvalue weighted by molar-refractivity contribution is 7.80. The van der Waals surface area contributed by atoms with Crippen LogP contribution in [-0.2, 0) is 0 Å². The second-order valence-electron chi connectivity index (χ2n) is 7.19. The minimum atomic E-state index is -0.131. The number of nitrogens with one attached hydrogen (secondary N) is 1. The number of β-amino-alcohol motifs (C(OH)–C–C–N with tert-alkyl or cyclic N) is 1. The van der Waals surface area contributed by atoms with Crippen molar-refractivity contribution in [2.24, 2.45) is 0 Å². The zero-order chi connectivity index (χ0) is 20.5. The summed E-state index contributed by atoms with van der Waals surface area (Å²) in [5, 5.41) is 24.0.